The predicted molar refractivity (Wildman–Crippen MR) is 57.5 cm³/mol. The number of halogens is 4. The molecule has 1 aromatic carbocycles. The van der Waals surface area contributed by atoms with Crippen molar-refractivity contribution in [2.75, 3.05) is 5.32 Å². The number of benzene rings is 1. The molecule has 9 heteroatoms. The van der Waals surface area contributed by atoms with E-state index < -0.39 is 35.1 Å². The quantitative estimate of drug-likeness (QED) is 0.778. The molecule has 1 rings (SSSR count). The Bertz CT molecular complexity index is 515. The second kappa shape index (κ2) is 4.84. The summed E-state index contributed by atoms with van der Waals surface area (Å²) in [4.78, 5) is 21.5. The second-order valence-electron chi connectivity index (χ2n) is 3.10. The minimum atomic E-state index is -5.16. The molecule has 5 nitrogen and oxygen atoms in total. The molecule has 98 valence electrons. The van der Waals surface area contributed by atoms with Crippen LogP contribution in [0, 0.1) is 0 Å². The Labute approximate surface area is 106 Å². The predicted octanol–water partition coefficient (Wildman–Crippen LogP) is 2.35. The van der Waals surface area contributed by atoms with Crippen LogP contribution in [0.25, 0.3) is 0 Å². The molecular formula is C9H5BrF3NO4. The fourth-order valence-corrected chi connectivity index (χ4v) is 1.55. The molecule has 0 spiro atoms. The lowest BCUT2D eigenvalue weighted by molar-refractivity contribution is -0.167. The minimum Gasteiger partial charge on any atom is -0.507 e. The largest absolute Gasteiger partial charge is 0.507 e. The summed E-state index contributed by atoms with van der Waals surface area (Å²) in [7, 11) is 0. The first-order chi connectivity index (χ1) is 8.12. The minimum absolute atomic E-state index is 0.113. The molecule has 0 fully saturated rings. The SMILES string of the molecule is O=C(O)c1c(O)cc(Br)cc1NC(=O)C(F)(F)F. The molecule has 1 aromatic rings. The Balaban J connectivity index is 3.24. The van der Waals surface area contributed by atoms with Gasteiger partial charge in [0.1, 0.15) is 11.3 Å². The monoisotopic (exact) mass is 327 g/mol. The number of alkyl halides is 3. The number of hydrogen-bond acceptors (Lipinski definition) is 3. The summed E-state index contributed by atoms with van der Waals surface area (Å²) in [5, 5.41) is 19.4. The van der Waals surface area contributed by atoms with Crippen molar-refractivity contribution in [3.05, 3.63) is 22.2 Å². The molecule has 0 aliphatic carbocycles. The number of rotatable bonds is 2. The Kier molecular flexibility index (Phi) is 3.85. The number of carbonyl (C=O) groups excluding carboxylic acids is 1. The smallest absolute Gasteiger partial charge is 0.471 e. The number of carboxylic acids is 1. The summed E-state index contributed by atoms with van der Waals surface area (Å²) in [6.07, 6.45) is -5.16. The van der Waals surface area contributed by atoms with Gasteiger partial charge in [-0.1, -0.05) is 15.9 Å². The average molecular weight is 328 g/mol. The van der Waals surface area contributed by atoms with Crippen LogP contribution in [0.1, 0.15) is 10.4 Å². The van der Waals surface area contributed by atoms with Gasteiger partial charge >= 0.3 is 18.1 Å². The van der Waals surface area contributed by atoms with Crippen molar-refractivity contribution >= 4 is 33.5 Å². The average Bonchev–Trinajstić information content (AvgIpc) is 2.13. The van der Waals surface area contributed by atoms with Crippen molar-refractivity contribution in [1.29, 1.82) is 0 Å². The molecular weight excluding hydrogens is 323 g/mol. The van der Waals surface area contributed by atoms with Gasteiger partial charge < -0.3 is 15.5 Å². The van der Waals surface area contributed by atoms with Crippen LogP contribution in [0.3, 0.4) is 0 Å². The maximum absolute atomic E-state index is 12.0. The lowest BCUT2D eigenvalue weighted by atomic mass is 10.1. The zero-order valence-electron chi connectivity index (χ0n) is 8.38. The fourth-order valence-electron chi connectivity index (χ4n) is 1.11. The number of aromatic hydroxyl groups is 1. The number of anilines is 1. The lowest BCUT2D eigenvalue weighted by Crippen LogP contribution is -2.30. The Hall–Kier alpha value is -1.77. The van der Waals surface area contributed by atoms with Gasteiger partial charge in [-0.2, -0.15) is 13.2 Å². The standard InChI is InChI=1S/C9H5BrF3NO4/c10-3-1-4(14-8(18)9(11,12)13)6(7(16)17)5(15)2-3/h1-2,15H,(H,14,18)(H,16,17). The molecule has 0 bridgehead atoms. The zero-order chi connectivity index (χ0) is 14.1. The van der Waals surface area contributed by atoms with Crippen molar-refractivity contribution in [2.24, 2.45) is 0 Å². The van der Waals surface area contributed by atoms with E-state index in [1.54, 1.807) is 0 Å². The van der Waals surface area contributed by atoms with Crippen LogP contribution < -0.4 is 5.32 Å². The van der Waals surface area contributed by atoms with Gasteiger partial charge in [0.05, 0.1) is 5.69 Å². The first kappa shape index (κ1) is 14.3. The number of nitrogens with one attached hydrogen (secondary N) is 1. The van der Waals surface area contributed by atoms with E-state index in [1.807, 2.05) is 0 Å². The second-order valence-corrected chi connectivity index (χ2v) is 4.02. The van der Waals surface area contributed by atoms with E-state index in [2.05, 4.69) is 15.9 Å². The lowest BCUT2D eigenvalue weighted by Gasteiger charge is -2.12. The number of hydrogen-bond donors (Lipinski definition) is 3. The molecule has 0 heterocycles. The molecule has 1 amide bonds. The zero-order valence-corrected chi connectivity index (χ0v) is 9.96. The van der Waals surface area contributed by atoms with Gasteiger partial charge in [-0.3, -0.25) is 4.79 Å². The molecule has 0 radical (unpaired) electrons. The fraction of sp³-hybridized carbons (Fsp3) is 0.111. The van der Waals surface area contributed by atoms with Gasteiger partial charge in [-0.05, 0) is 12.1 Å². The highest BCUT2D eigenvalue weighted by Crippen LogP contribution is 2.31. The summed E-state index contributed by atoms with van der Waals surface area (Å²) in [5.74, 6) is -4.77. The number of carbonyl (C=O) groups is 2. The highest BCUT2D eigenvalue weighted by Gasteiger charge is 2.39. The van der Waals surface area contributed by atoms with E-state index in [0.717, 1.165) is 12.1 Å². The normalized spacial score (nSPS) is 11.1. The van der Waals surface area contributed by atoms with Crippen LogP contribution in [0.4, 0.5) is 18.9 Å². The van der Waals surface area contributed by atoms with Crippen molar-refractivity contribution in [3.8, 4) is 5.75 Å². The molecule has 3 N–H and O–H groups in total. The highest BCUT2D eigenvalue weighted by molar-refractivity contribution is 9.10. The molecule has 0 atom stereocenters. The third-order valence-corrected chi connectivity index (χ3v) is 2.26. The summed E-state index contributed by atoms with van der Waals surface area (Å²) >= 11 is 2.85. The topological polar surface area (TPSA) is 86.6 Å². The van der Waals surface area contributed by atoms with Crippen molar-refractivity contribution in [3.63, 3.8) is 0 Å². The molecule has 0 saturated heterocycles. The van der Waals surface area contributed by atoms with Crippen LogP contribution in [0.2, 0.25) is 0 Å². The van der Waals surface area contributed by atoms with Crippen molar-refractivity contribution in [1.82, 2.24) is 0 Å². The summed E-state index contributed by atoms with van der Waals surface area (Å²) < 4.78 is 36.2. The van der Waals surface area contributed by atoms with Gasteiger partial charge in [0.15, 0.2) is 0 Å². The third kappa shape index (κ3) is 3.13. The van der Waals surface area contributed by atoms with E-state index in [0.29, 0.717) is 0 Å². The van der Waals surface area contributed by atoms with Gasteiger partial charge in [0.25, 0.3) is 0 Å². The first-order valence-electron chi connectivity index (χ1n) is 4.27. The van der Waals surface area contributed by atoms with Crippen LogP contribution in [0.5, 0.6) is 5.75 Å². The molecule has 18 heavy (non-hydrogen) atoms. The van der Waals surface area contributed by atoms with E-state index in [9.17, 15) is 27.9 Å². The van der Waals surface area contributed by atoms with Crippen molar-refractivity contribution < 1.29 is 33.0 Å². The first-order valence-corrected chi connectivity index (χ1v) is 5.06. The van der Waals surface area contributed by atoms with Crippen LogP contribution in [-0.2, 0) is 4.79 Å². The van der Waals surface area contributed by atoms with E-state index in [-0.39, 0.29) is 4.47 Å². The van der Waals surface area contributed by atoms with E-state index in [4.69, 9.17) is 5.11 Å². The van der Waals surface area contributed by atoms with Crippen LogP contribution in [0.15, 0.2) is 16.6 Å². The van der Waals surface area contributed by atoms with Gasteiger partial charge in [0, 0.05) is 4.47 Å². The summed E-state index contributed by atoms with van der Waals surface area (Å²) in [6.45, 7) is 0. The third-order valence-electron chi connectivity index (χ3n) is 1.80. The summed E-state index contributed by atoms with van der Waals surface area (Å²) in [6, 6.07) is 1.92. The number of aromatic carboxylic acids is 1. The molecule has 0 aromatic heterocycles. The Morgan fingerprint density at radius 3 is 2.28 bits per heavy atom. The Morgan fingerprint density at radius 1 is 1.28 bits per heavy atom. The molecule has 0 aliphatic rings. The number of carboxylic acid groups (broad SMARTS) is 1. The Morgan fingerprint density at radius 2 is 1.83 bits per heavy atom. The van der Waals surface area contributed by atoms with Gasteiger partial charge in [-0.15, -0.1) is 0 Å². The number of phenols is 1. The molecule has 0 saturated carbocycles. The van der Waals surface area contributed by atoms with Crippen molar-refractivity contribution in [2.45, 2.75) is 6.18 Å². The summed E-state index contributed by atoms with van der Waals surface area (Å²) in [5.41, 5.74) is -1.48. The maximum Gasteiger partial charge on any atom is 0.471 e. The number of amides is 1. The molecule has 0 aliphatic heterocycles. The van der Waals surface area contributed by atoms with Gasteiger partial charge in [-0.25, -0.2) is 4.79 Å². The van der Waals surface area contributed by atoms with E-state index in [1.165, 1.54) is 5.32 Å². The van der Waals surface area contributed by atoms with Crippen LogP contribution in [-0.4, -0.2) is 28.3 Å². The van der Waals surface area contributed by atoms with E-state index >= 15 is 0 Å². The van der Waals surface area contributed by atoms with Gasteiger partial charge in [0.2, 0.25) is 0 Å². The highest BCUT2D eigenvalue weighted by atomic mass is 79.9. The van der Waals surface area contributed by atoms with Crippen LogP contribution >= 0.6 is 15.9 Å². The molecule has 0 unspecified atom stereocenters. The maximum atomic E-state index is 12.0.